The maximum atomic E-state index is 11.8. The summed E-state index contributed by atoms with van der Waals surface area (Å²) < 4.78 is 5.26. The SMILES string of the molecule is CN(C(=O)OCc1ccccc1)C1CCNC1. The quantitative estimate of drug-likeness (QED) is 0.864. The maximum Gasteiger partial charge on any atom is 0.410 e. The lowest BCUT2D eigenvalue weighted by atomic mass is 10.2. The molecule has 0 spiro atoms. The monoisotopic (exact) mass is 234 g/mol. The van der Waals surface area contributed by atoms with Crippen molar-refractivity contribution >= 4 is 6.09 Å². The molecule has 17 heavy (non-hydrogen) atoms. The van der Waals surface area contributed by atoms with E-state index >= 15 is 0 Å². The average Bonchev–Trinajstić information content (AvgIpc) is 2.90. The Morgan fingerprint density at radius 1 is 1.47 bits per heavy atom. The van der Waals surface area contributed by atoms with Gasteiger partial charge >= 0.3 is 6.09 Å². The van der Waals surface area contributed by atoms with Crippen LogP contribution in [0.25, 0.3) is 0 Å². The minimum absolute atomic E-state index is 0.248. The van der Waals surface area contributed by atoms with Gasteiger partial charge in [-0.1, -0.05) is 30.3 Å². The van der Waals surface area contributed by atoms with Crippen molar-refractivity contribution in [3.63, 3.8) is 0 Å². The van der Waals surface area contributed by atoms with Crippen molar-refractivity contribution < 1.29 is 9.53 Å². The molecule has 4 nitrogen and oxygen atoms in total. The molecule has 1 aromatic carbocycles. The van der Waals surface area contributed by atoms with E-state index in [1.54, 1.807) is 11.9 Å². The molecule has 1 aliphatic heterocycles. The van der Waals surface area contributed by atoms with Crippen molar-refractivity contribution in [1.29, 1.82) is 0 Å². The van der Waals surface area contributed by atoms with Crippen molar-refractivity contribution in [1.82, 2.24) is 10.2 Å². The molecular formula is C13H18N2O2. The number of nitrogens with one attached hydrogen (secondary N) is 1. The Kier molecular flexibility index (Phi) is 3.98. The molecule has 1 aliphatic rings. The molecule has 1 fully saturated rings. The number of ether oxygens (including phenoxy) is 1. The molecular weight excluding hydrogens is 216 g/mol. The van der Waals surface area contributed by atoms with Gasteiger partial charge in [-0.3, -0.25) is 0 Å². The molecule has 1 atom stereocenters. The van der Waals surface area contributed by atoms with Gasteiger partial charge in [0, 0.05) is 19.6 Å². The average molecular weight is 234 g/mol. The molecule has 0 aliphatic carbocycles. The van der Waals surface area contributed by atoms with Crippen LogP contribution < -0.4 is 5.32 Å². The number of likely N-dealkylation sites (N-methyl/N-ethyl adjacent to an activating group) is 1. The van der Waals surface area contributed by atoms with Crippen molar-refractivity contribution in [3.05, 3.63) is 35.9 Å². The van der Waals surface area contributed by atoms with Gasteiger partial charge in [0.15, 0.2) is 0 Å². The predicted molar refractivity (Wildman–Crippen MR) is 65.7 cm³/mol. The minimum Gasteiger partial charge on any atom is -0.445 e. The lowest BCUT2D eigenvalue weighted by Crippen LogP contribution is -2.38. The van der Waals surface area contributed by atoms with Gasteiger partial charge in [0.2, 0.25) is 0 Å². The standard InChI is InChI=1S/C13H18N2O2/c1-15(12-7-8-14-9-12)13(16)17-10-11-5-3-2-4-6-11/h2-6,12,14H,7-10H2,1H3. The third-order valence-corrected chi connectivity index (χ3v) is 3.08. The molecule has 1 amide bonds. The van der Waals surface area contributed by atoms with Gasteiger partial charge in [0.05, 0.1) is 0 Å². The van der Waals surface area contributed by atoms with Crippen LogP contribution in [0.4, 0.5) is 4.79 Å². The van der Waals surface area contributed by atoms with E-state index in [1.165, 1.54) is 0 Å². The van der Waals surface area contributed by atoms with Gasteiger partial charge in [0.25, 0.3) is 0 Å². The molecule has 1 aromatic rings. The largest absolute Gasteiger partial charge is 0.445 e. The number of hydrogen-bond donors (Lipinski definition) is 1. The fourth-order valence-corrected chi connectivity index (χ4v) is 1.94. The third-order valence-electron chi connectivity index (χ3n) is 3.08. The van der Waals surface area contributed by atoms with Crippen LogP contribution in [0.3, 0.4) is 0 Å². The molecule has 1 saturated heterocycles. The van der Waals surface area contributed by atoms with E-state index in [9.17, 15) is 4.79 Å². The molecule has 1 unspecified atom stereocenters. The van der Waals surface area contributed by atoms with Crippen LogP contribution in [-0.4, -0.2) is 37.2 Å². The van der Waals surface area contributed by atoms with Crippen LogP contribution >= 0.6 is 0 Å². The van der Waals surface area contributed by atoms with Crippen LogP contribution in [-0.2, 0) is 11.3 Å². The highest BCUT2D eigenvalue weighted by atomic mass is 16.6. The third kappa shape index (κ3) is 3.20. The summed E-state index contributed by atoms with van der Waals surface area (Å²) in [7, 11) is 1.80. The number of amides is 1. The highest BCUT2D eigenvalue weighted by molar-refractivity contribution is 5.67. The highest BCUT2D eigenvalue weighted by Crippen LogP contribution is 2.09. The first-order chi connectivity index (χ1) is 8.27. The zero-order chi connectivity index (χ0) is 12.1. The number of carbonyl (C=O) groups excluding carboxylic acids is 1. The Balaban J connectivity index is 1.80. The Bertz CT molecular complexity index is 361. The number of benzene rings is 1. The van der Waals surface area contributed by atoms with E-state index < -0.39 is 0 Å². The highest BCUT2D eigenvalue weighted by Gasteiger charge is 2.23. The Morgan fingerprint density at radius 2 is 2.24 bits per heavy atom. The fraction of sp³-hybridized carbons (Fsp3) is 0.462. The van der Waals surface area contributed by atoms with Crippen LogP contribution in [0.15, 0.2) is 30.3 Å². The number of hydrogen-bond acceptors (Lipinski definition) is 3. The topological polar surface area (TPSA) is 41.6 Å². The van der Waals surface area contributed by atoms with Gasteiger partial charge in [-0.15, -0.1) is 0 Å². The van der Waals surface area contributed by atoms with Crippen LogP contribution in [0.2, 0.25) is 0 Å². The number of carbonyl (C=O) groups is 1. The Morgan fingerprint density at radius 3 is 2.88 bits per heavy atom. The Labute approximate surface area is 102 Å². The molecule has 0 radical (unpaired) electrons. The van der Waals surface area contributed by atoms with Crippen molar-refractivity contribution in [2.45, 2.75) is 19.1 Å². The second-order valence-electron chi connectivity index (χ2n) is 4.30. The fourth-order valence-electron chi connectivity index (χ4n) is 1.94. The van der Waals surface area contributed by atoms with Crippen molar-refractivity contribution in [2.75, 3.05) is 20.1 Å². The summed E-state index contributed by atoms with van der Waals surface area (Å²) in [5.74, 6) is 0. The van der Waals surface area contributed by atoms with Gasteiger partial charge in [0.1, 0.15) is 6.61 Å². The zero-order valence-corrected chi connectivity index (χ0v) is 10.1. The molecule has 0 saturated carbocycles. The lowest BCUT2D eigenvalue weighted by molar-refractivity contribution is 0.0936. The molecule has 4 heteroatoms. The van der Waals surface area contributed by atoms with Crippen LogP contribution in [0, 0.1) is 0 Å². The van der Waals surface area contributed by atoms with E-state index in [-0.39, 0.29) is 12.1 Å². The van der Waals surface area contributed by atoms with Crippen LogP contribution in [0.5, 0.6) is 0 Å². The molecule has 0 aromatic heterocycles. The number of nitrogens with zero attached hydrogens (tertiary/aromatic N) is 1. The first kappa shape index (κ1) is 11.9. The van der Waals surface area contributed by atoms with Crippen molar-refractivity contribution in [3.8, 4) is 0 Å². The van der Waals surface area contributed by atoms with Gasteiger partial charge < -0.3 is 15.0 Å². The van der Waals surface area contributed by atoms with Crippen LogP contribution in [0.1, 0.15) is 12.0 Å². The summed E-state index contributed by atoms with van der Waals surface area (Å²) in [6, 6.07) is 9.98. The van der Waals surface area contributed by atoms with Crippen molar-refractivity contribution in [2.24, 2.45) is 0 Å². The van der Waals surface area contributed by atoms with E-state index in [0.717, 1.165) is 25.1 Å². The summed E-state index contributed by atoms with van der Waals surface area (Å²) in [5, 5.41) is 3.23. The van der Waals surface area contributed by atoms with E-state index in [4.69, 9.17) is 4.74 Å². The summed E-state index contributed by atoms with van der Waals surface area (Å²) in [5.41, 5.74) is 1.01. The first-order valence-corrected chi connectivity index (χ1v) is 5.91. The Hall–Kier alpha value is -1.55. The lowest BCUT2D eigenvalue weighted by Gasteiger charge is -2.22. The minimum atomic E-state index is -0.248. The second-order valence-corrected chi connectivity index (χ2v) is 4.30. The molecule has 92 valence electrons. The molecule has 0 bridgehead atoms. The molecule has 1 N–H and O–H groups in total. The van der Waals surface area contributed by atoms with Gasteiger partial charge in [-0.2, -0.15) is 0 Å². The maximum absolute atomic E-state index is 11.8. The van der Waals surface area contributed by atoms with E-state index in [2.05, 4.69) is 5.32 Å². The summed E-state index contributed by atoms with van der Waals surface area (Å²) in [4.78, 5) is 13.5. The summed E-state index contributed by atoms with van der Waals surface area (Å²) in [6.07, 6.45) is 0.749. The van der Waals surface area contributed by atoms with E-state index in [0.29, 0.717) is 6.61 Å². The molecule has 1 heterocycles. The molecule has 2 rings (SSSR count). The van der Waals surface area contributed by atoms with Gasteiger partial charge in [-0.25, -0.2) is 4.79 Å². The first-order valence-electron chi connectivity index (χ1n) is 5.91. The smallest absolute Gasteiger partial charge is 0.410 e. The number of rotatable bonds is 3. The summed E-state index contributed by atoms with van der Waals surface area (Å²) in [6.45, 7) is 2.17. The second kappa shape index (κ2) is 5.68. The predicted octanol–water partition coefficient (Wildman–Crippen LogP) is 1.62. The normalized spacial score (nSPS) is 19.0. The van der Waals surface area contributed by atoms with E-state index in [1.807, 2.05) is 30.3 Å². The van der Waals surface area contributed by atoms with Gasteiger partial charge in [-0.05, 0) is 18.5 Å². The summed E-state index contributed by atoms with van der Waals surface area (Å²) >= 11 is 0. The zero-order valence-electron chi connectivity index (χ0n) is 10.1.